The summed E-state index contributed by atoms with van der Waals surface area (Å²) in [7, 11) is 0. The predicted molar refractivity (Wildman–Crippen MR) is 115 cm³/mol. The van der Waals surface area contributed by atoms with Gasteiger partial charge in [0.15, 0.2) is 0 Å². The van der Waals surface area contributed by atoms with E-state index in [2.05, 4.69) is 28.1 Å². The van der Waals surface area contributed by atoms with E-state index in [0.29, 0.717) is 31.8 Å². The molecule has 1 aliphatic carbocycles. The Morgan fingerprint density at radius 1 is 1.24 bits per heavy atom. The van der Waals surface area contributed by atoms with Crippen LogP contribution >= 0.6 is 11.3 Å². The van der Waals surface area contributed by atoms with Gasteiger partial charge in [0, 0.05) is 23.4 Å². The van der Waals surface area contributed by atoms with Gasteiger partial charge in [-0.05, 0) is 66.8 Å². The zero-order chi connectivity index (χ0) is 20.1. The first kappa shape index (κ1) is 20.0. The summed E-state index contributed by atoms with van der Waals surface area (Å²) in [4.78, 5) is 25.2. The Bertz CT molecular complexity index is 844. The lowest BCUT2D eigenvalue weighted by Crippen LogP contribution is -2.32. The van der Waals surface area contributed by atoms with Gasteiger partial charge in [0.1, 0.15) is 5.75 Å². The maximum atomic E-state index is 12.5. The number of benzene rings is 1. The number of anilines is 1. The minimum atomic E-state index is 0.0654. The molecule has 2 amide bonds. The molecule has 0 saturated heterocycles. The summed E-state index contributed by atoms with van der Waals surface area (Å²) in [5.74, 6) is 1.52. The quantitative estimate of drug-likeness (QED) is 0.610. The second kappa shape index (κ2) is 9.44. The van der Waals surface area contributed by atoms with Crippen LogP contribution in [0.15, 0.2) is 35.7 Å². The van der Waals surface area contributed by atoms with Gasteiger partial charge in [0.2, 0.25) is 11.8 Å². The van der Waals surface area contributed by atoms with Crippen LogP contribution in [0, 0.1) is 5.92 Å². The fraction of sp³-hybridized carbons (Fsp3) is 0.478. The molecule has 0 bridgehead atoms. The first-order valence-corrected chi connectivity index (χ1v) is 11.5. The van der Waals surface area contributed by atoms with Gasteiger partial charge in [-0.2, -0.15) is 0 Å². The molecule has 154 valence electrons. The average Bonchev–Trinajstić information content (AvgIpc) is 3.44. The molecule has 2 N–H and O–H groups in total. The summed E-state index contributed by atoms with van der Waals surface area (Å²) < 4.78 is 5.84. The molecule has 2 aromatic rings. The number of ether oxygens (including phenoxy) is 1. The number of carbonyl (C=O) groups is 2. The van der Waals surface area contributed by atoms with Crippen molar-refractivity contribution < 1.29 is 14.3 Å². The third kappa shape index (κ3) is 5.18. The van der Waals surface area contributed by atoms with Gasteiger partial charge < -0.3 is 15.4 Å². The molecule has 0 radical (unpaired) electrons. The lowest BCUT2D eigenvalue weighted by Gasteiger charge is -2.24. The van der Waals surface area contributed by atoms with Crippen molar-refractivity contribution in [2.45, 2.75) is 57.4 Å². The smallest absolute Gasteiger partial charge is 0.224 e. The van der Waals surface area contributed by atoms with E-state index in [0.717, 1.165) is 23.4 Å². The van der Waals surface area contributed by atoms with Gasteiger partial charge >= 0.3 is 0 Å². The van der Waals surface area contributed by atoms with Crippen LogP contribution < -0.4 is 15.4 Å². The SMILES string of the molecule is O=C1CCc2cc(OCCCC(=O)NC(c3cccs3)C3CCCC3)ccc2N1. The van der Waals surface area contributed by atoms with Crippen LogP contribution in [-0.4, -0.2) is 18.4 Å². The Hall–Kier alpha value is -2.34. The highest BCUT2D eigenvalue weighted by atomic mass is 32.1. The topological polar surface area (TPSA) is 67.4 Å². The van der Waals surface area contributed by atoms with Crippen LogP contribution in [0.5, 0.6) is 5.75 Å². The molecule has 4 rings (SSSR count). The largest absolute Gasteiger partial charge is 0.494 e. The Balaban J connectivity index is 1.24. The average molecular weight is 413 g/mol. The minimum absolute atomic E-state index is 0.0654. The van der Waals surface area contributed by atoms with Gasteiger partial charge in [-0.25, -0.2) is 0 Å². The van der Waals surface area contributed by atoms with Gasteiger partial charge in [0.25, 0.3) is 0 Å². The molecule has 2 aliphatic rings. The standard InChI is InChI=1S/C23H28N2O3S/c26-21(25-23(16-5-1-2-6-16)20-7-4-14-29-20)8-3-13-28-18-10-11-19-17(15-18)9-12-22(27)24-19/h4,7,10-11,14-16,23H,1-3,5-6,8-9,12-13H2,(H,24,27)(H,25,26). The number of aryl methyl sites for hydroxylation is 1. The van der Waals surface area contributed by atoms with E-state index < -0.39 is 0 Å². The molecule has 1 atom stereocenters. The first-order valence-electron chi connectivity index (χ1n) is 10.6. The van der Waals surface area contributed by atoms with Crippen molar-refractivity contribution in [2.24, 2.45) is 5.92 Å². The normalized spacial score (nSPS) is 17.4. The first-order chi connectivity index (χ1) is 14.2. The van der Waals surface area contributed by atoms with Gasteiger partial charge in [-0.15, -0.1) is 11.3 Å². The van der Waals surface area contributed by atoms with Crippen molar-refractivity contribution in [1.82, 2.24) is 5.32 Å². The van der Waals surface area contributed by atoms with E-state index in [9.17, 15) is 9.59 Å². The number of rotatable bonds is 8. The molecule has 29 heavy (non-hydrogen) atoms. The number of thiophene rings is 1. The number of nitrogens with one attached hydrogen (secondary N) is 2. The summed E-state index contributed by atoms with van der Waals surface area (Å²) >= 11 is 1.73. The van der Waals surface area contributed by atoms with Crippen LogP contribution in [0.1, 0.15) is 61.4 Å². The lowest BCUT2D eigenvalue weighted by atomic mass is 9.96. The Kier molecular flexibility index (Phi) is 6.49. The van der Waals surface area contributed by atoms with Gasteiger partial charge in [0.05, 0.1) is 12.6 Å². The molecular formula is C23H28N2O3S. The zero-order valence-electron chi connectivity index (χ0n) is 16.6. The highest BCUT2D eigenvalue weighted by Crippen LogP contribution is 2.37. The van der Waals surface area contributed by atoms with Crippen LogP contribution in [0.2, 0.25) is 0 Å². The molecule has 5 nitrogen and oxygen atoms in total. The molecule has 0 spiro atoms. The number of hydrogen-bond acceptors (Lipinski definition) is 4. The monoisotopic (exact) mass is 412 g/mol. The number of carbonyl (C=O) groups excluding carboxylic acids is 2. The zero-order valence-corrected chi connectivity index (χ0v) is 17.4. The van der Waals surface area contributed by atoms with E-state index in [1.54, 1.807) is 11.3 Å². The fourth-order valence-electron chi connectivity index (χ4n) is 4.30. The maximum Gasteiger partial charge on any atom is 0.224 e. The highest BCUT2D eigenvalue weighted by molar-refractivity contribution is 7.10. The van der Waals surface area contributed by atoms with Gasteiger partial charge in [-0.3, -0.25) is 9.59 Å². The third-order valence-corrected chi connectivity index (χ3v) is 6.78. The van der Waals surface area contributed by atoms with Crippen molar-refractivity contribution in [3.8, 4) is 5.75 Å². The van der Waals surface area contributed by atoms with Crippen molar-refractivity contribution in [1.29, 1.82) is 0 Å². The van der Waals surface area contributed by atoms with E-state index in [1.807, 2.05) is 18.2 Å². The molecule has 6 heteroatoms. The predicted octanol–water partition coefficient (Wildman–Crippen LogP) is 4.84. The molecule has 1 fully saturated rings. The highest BCUT2D eigenvalue weighted by Gasteiger charge is 2.28. The van der Waals surface area contributed by atoms with Gasteiger partial charge in [-0.1, -0.05) is 18.9 Å². The Labute approximate surface area is 175 Å². The number of hydrogen-bond donors (Lipinski definition) is 2. The second-order valence-electron chi connectivity index (χ2n) is 7.92. The minimum Gasteiger partial charge on any atom is -0.494 e. The Morgan fingerprint density at radius 2 is 2.10 bits per heavy atom. The summed E-state index contributed by atoms with van der Waals surface area (Å²) in [6, 6.07) is 10.1. The molecule has 1 saturated carbocycles. The molecule has 1 unspecified atom stereocenters. The van der Waals surface area contributed by atoms with E-state index in [4.69, 9.17) is 4.74 Å². The van der Waals surface area contributed by atoms with Crippen molar-refractivity contribution in [3.63, 3.8) is 0 Å². The summed E-state index contributed by atoms with van der Waals surface area (Å²) in [5.41, 5.74) is 1.98. The molecule has 1 aromatic carbocycles. The van der Waals surface area contributed by atoms with E-state index in [1.165, 1.54) is 30.6 Å². The van der Waals surface area contributed by atoms with Crippen LogP contribution in [-0.2, 0) is 16.0 Å². The molecule has 2 heterocycles. The Morgan fingerprint density at radius 3 is 2.90 bits per heavy atom. The lowest BCUT2D eigenvalue weighted by molar-refractivity contribution is -0.122. The van der Waals surface area contributed by atoms with E-state index in [-0.39, 0.29) is 17.9 Å². The third-order valence-electron chi connectivity index (χ3n) is 5.83. The van der Waals surface area contributed by atoms with Crippen LogP contribution in [0.4, 0.5) is 5.69 Å². The van der Waals surface area contributed by atoms with Crippen LogP contribution in [0.25, 0.3) is 0 Å². The van der Waals surface area contributed by atoms with Crippen molar-refractivity contribution in [2.75, 3.05) is 11.9 Å². The van der Waals surface area contributed by atoms with Crippen molar-refractivity contribution >= 4 is 28.8 Å². The summed E-state index contributed by atoms with van der Waals surface area (Å²) in [6.45, 7) is 0.506. The van der Waals surface area contributed by atoms with Crippen LogP contribution in [0.3, 0.4) is 0 Å². The summed E-state index contributed by atoms with van der Waals surface area (Å²) in [6.07, 6.45) is 7.34. The maximum absolute atomic E-state index is 12.5. The molecule has 1 aromatic heterocycles. The van der Waals surface area contributed by atoms with Crippen molar-refractivity contribution in [3.05, 3.63) is 46.2 Å². The fourth-order valence-corrected chi connectivity index (χ4v) is 5.17. The second-order valence-corrected chi connectivity index (χ2v) is 8.90. The molecular weight excluding hydrogens is 384 g/mol. The molecule has 1 aliphatic heterocycles. The van der Waals surface area contributed by atoms with E-state index >= 15 is 0 Å². The number of amides is 2. The summed E-state index contributed by atoms with van der Waals surface area (Å²) in [5, 5.41) is 8.24. The number of fused-ring (bicyclic) bond motifs is 1.